The molecule has 0 bridgehead atoms. The first-order chi connectivity index (χ1) is 11.1. The van der Waals surface area contributed by atoms with Gasteiger partial charge in [0.25, 0.3) is 0 Å². The predicted molar refractivity (Wildman–Crippen MR) is 86.2 cm³/mol. The van der Waals surface area contributed by atoms with Gasteiger partial charge < -0.3 is 18.9 Å². The second-order valence-electron chi connectivity index (χ2n) is 5.59. The lowest BCUT2D eigenvalue weighted by Crippen LogP contribution is -2.45. The van der Waals surface area contributed by atoms with Crippen molar-refractivity contribution in [3.05, 3.63) is 48.6 Å². The van der Waals surface area contributed by atoms with Crippen molar-refractivity contribution in [1.82, 2.24) is 0 Å². The smallest absolute Gasteiger partial charge is 0.338 e. The summed E-state index contributed by atoms with van der Waals surface area (Å²) < 4.78 is 22.5. The molecule has 1 aliphatic rings. The third-order valence-corrected chi connectivity index (χ3v) is 3.94. The van der Waals surface area contributed by atoms with Crippen molar-refractivity contribution in [3.63, 3.8) is 0 Å². The van der Waals surface area contributed by atoms with Gasteiger partial charge in [-0.2, -0.15) is 0 Å². The number of hydrogen-bond acceptors (Lipinski definition) is 5. The molecule has 1 saturated heterocycles. The zero-order valence-corrected chi connectivity index (χ0v) is 13.7. The maximum absolute atomic E-state index is 12.4. The van der Waals surface area contributed by atoms with Crippen LogP contribution in [0.5, 0.6) is 0 Å². The number of carbonyl (C=O) groups excluding carboxylic acids is 1. The number of hydrogen-bond donors (Lipinski definition) is 0. The van der Waals surface area contributed by atoms with E-state index in [4.69, 9.17) is 18.9 Å². The highest BCUT2D eigenvalue weighted by Crippen LogP contribution is 2.30. The standard InChI is InChI=1S/C18H24O5/c1-4-8-15(20-3)13-16(18(2)21-11-12-22-18)23-17(19)14-9-6-5-7-10-14/h4-7,9-10,15-16H,1,8,11-13H2,2-3H3/t15-,16+/m1/s1. The molecular formula is C18H24O5. The molecule has 0 aliphatic carbocycles. The lowest BCUT2D eigenvalue weighted by molar-refractivity contribution is -0.214. The van der Waals surface area contributed by atoms with Crippen LogP contribution in [0.15, 0.2) is 43.0 Å². The third-order valence-electron chi connectivity index (χ3n) is 3.94. The lowest BCUT2D eigenvalue weighted by atomic mass is 10.0. The first kappa shape index (κ1) is 17.7. The Morgan fingerprint density at radius 3 is 2.57 bits per heavy atom. The van der Waals surface area contributed by atoms with Gasteiger partial charge in [-0.15, -0.1) is 6.58 Å². The highest BCUT2D eigenvalue weighted by Gasteiger charge is 2.43. The summed E-state index contributed by atoms with van der Waals surface area (Å²) in [5.41, 5.74) is 0.497. The van der Waals surface area contributed by atoms with Crippen LogP contribution in [0, 0.1) is 0 Å². The predicted octanol–water partition coefficient (Wildman–Crippen LogP) is 2.96. The molecule has 2 rings (SSSR count). The van der Waals surface area contributed by atoms with Crippen LogP contribution in [0.2, 0.25) is 0 Å². The fraction of sp³-hybridized carbons (Fsp3) is 0.500. The van der Waals surface area contributed by atoms with Gasteiger partial charge in [-0.25, -0.2) is 4.79 Å². The molecular weight excluding hydrogens is 296 g/mol. The van der Waals surface area contributed by atoms with E-state index in [2.05, 4.69) is 6.58 Å². The largest absolute Gasteiger partial charge is 0.453 e. The molecule has 1 heterocycles. The van der Waals surface area contributed by atoms with E-state index in [1.54, 1.807) is 44.4 Å². The van der Waals surface area contributed by atoms with Gasteiger partial charge in [0.15, 0.2) is 6.10 Å². The Morgan fingerprint density at radius 1 is 1.35 bits per heavy atom. The van der Waals surface area contributed by atoms with Crippen LogP contribution in [-0.2, 0) is 18.9 Å². The Balaban J connectivity index is 2.12. The van der Waals surface area contributed by atoms with Crippen LogP contribution >= 0.6 is 0 Å². The molecule has 0 N–H and O–H groups in total. The molecule has 0 amide bonds. The van der Waals surface area contributed by atoms with Gasteiger partial charge in [0.1, 0.15) is 0 Å². The SMILES string of the molecule is C=CC[C@H](C[C@H](OC(=O)c1ccccc1)C1(C)OCCO1)OC. The maximum atomic E-state index is 12.4. The number of esters is 1. The van der Waals surface area contributed by atoms with E-state index < -0.39 is 17.9 Å². The third kappa shape index (κ3) is 4.64. The van der Waals surface area contributed by atoms with E-state index in [1.807, 2.05) is 6.07 Å². The Morgan fingerprint density at radius 2 is 2.00 bits per heavy atom. The normalized spacial score (nSPS) is 19.0. The molecule has 1 aromatic carbocycles. The zero-order chi connectivity index (χ0) is 16.7. The van der Waals surface area contributed by atoms with Gasteiger partial charge in [0.2, 0.25) is 5.79 Å². The molecule has 1 fully saturated rings. The molecule has 0 spiro atoms. The van der Waals surface area contributed by atoms with Crippen LogP contribution in [-0.4, -0.2) is 44.3 Å². The summed E-state index contributed by atoms with van der Waals surface area (Å²) in [5, 5.41) is 0. The van der Waals surface area contributed by atoms with Crippen molar-refractivity contribution >= 4 is 5.97 Å². The van der Waals surface area contributed by atoms with E-state index >= 15 is 0 Å². The van der Waals surface area contributed by atoms with E-state index in [1.165, 1.54) is 0 Å². The van der Waals surface area contributed by atoms with E-state index in [-0.39, 0.29) is 6.10 Å². The van der Waals surface area contributed by atoms with Gasteiger partial charge in [-0.3, -0.25) is 0 Å². The van der Waals surface area contributed by atoms with Crippen molar-refractivity contribution in [2.45, 2.75) is 37.8 Å². The van der Waals surface area contributed by atoms with Gasteiger partial charge in [-0.1, -0.05) is 24.3 Å². The average Bonchev–Trinajstić information content (AvgIpc) is 3.02. The Hall–Kier alpha value is -1.69. The molecule has 126 valence electrons. The van der Waals surface area contributed by atoms with Gasteiger partial charge in [-0.05, 0) is 25.5 Å². The summed E-state index contributed by atoms with van der Waals surface area (Å²) in [6, 6.07) is 8.88. The van der Waals surface area contributed by atoms with Gasteiger partial charge in [0, 0.05) is 13.5 Å². The zero-order valence-electron chi connectivity index (χ0n) is 13.7. The molecule has 1 aliphatic heterocycles. The van der Waals surface area contributed by atoms with Crippen molar-refractivity contribution in [2.75, 3.05) is 20.3 Å². The highest BCUT2D eigenvalue weighted by molar-refractivity contribution is 5.89. The molecule has 5 heteroatoms. The van der Waals surface area contributed by atoms with Crippen LogP contribution in [0.1, 0.15) is 30.1 Å². The van der Waals surface area contributed by atoms with Crippen LogP contribution in [0.4, 0.5) is 0 Å². The van der Waals surface area contributed by atoms with Crippen molar-refractivity contribution in [3.8, 4) is 0 Å². The molecule has 5 nitrogen and oxygen atoms in total. The summed E-state index contributed by atoms with van der Waals surface area (Å²) in [6.07, 6.45) is 2.22. The molecule has 2 atom stereocenters. The minimum absolute atomic E-state index is 0.120. The molecule has 0 unspecified atom stereocenters. The number of rotatable bonds is 8. The van der Waals surface area contributed by atoms with Crippen molar-refractivity contribution in [2.24, 2.45) is 0 Å². The number of benzene rings is 1. The number of methoxy groups -OCH3 is 1. The summed E-state index contributed by atoms with van der Waals surface area (Å²) in [5.74, 6) is -1.35. The van der Waals surface area contributed by atoms with Crippen LogP contribution < -0.4 is 0 Å². The van der Waals surface area contributed by atoms with Gasteiger partial charge in [0.05, 0.1) is 24.9 Å². The summed E-state index contributed by atoms with van der Waals surface area (Å²) >= 11 is 0. The van der Waals surface area contributed by atoms with Crippen LogP contribution in [0.25, 0.3) is 0 Å². The highest BCUT2D eigenvalue weighted by atomic mass is 16.8. The minimum Gasteiger partial charge on any atom is -0.453 e. The molecule has 23 heavy (non-hydrogen) atoms. The average molecular weight is 320 g/mol. The first-order valence-corrected chi connectivity index (χ1v) is 7.76. The summed E-state index contributed by atoms with van der Waals surface area (Å²) in [6.45, 7) is 6.49. The fourth-order valence-corrected chi connectivity index (χ4v) is 2.57. The minimum atomic E-state index is -0.956. The van der Waals surface area contributed by atoms with Gasteiger partial charge >= 0.3 is 5.97 Å². The Labute approximate surface area is 137 Å². The number of ether oxygens (including phenoxy) is 4. The van der Waals surface area contributed by atoms with E-state index in [0.717, 1.165) is 0 Å². The first-order valence-electron chi connectivity index (χ1n) is 7.76. The lowest BCUT2D eigenvalue weighted by Gasteiger charge is -2.33. The molecule has 0 aromatic heterocycles. The second kappa shape index (κ2) is 8.24. The second-order valence-corrected chi connectivity index (χ2v) is 5.59. The number of carbonyl (C=O) groups is 1. The van der Waals surface area contributed by atoms with E-state index in [0.29, 0.717) is 31.6 Å². The molecule has 0 radical (unpaired) electrons. The fourth-order valence-electron chi connectivity index (χ4n) is 2.57. The monoisotopic (exact) mass is 320 g/mol. The maximum Gasteiger partial charge on any atom is 0.338 e. The summed E-state index contributed by atoms with van der Waals surface area (Å²) in [7, 11) is 1.63. The van der Waals surface area contributed by atoms with Crippen molar-refractivity contribution < 1.29 is 23.7 Å². The topological polar surface area (TPSA) is 54.0 Å². The molecule has 1 aromatic rings. The van der Waals surface area contributed by atoms with Crippen molar-refractivity contribution in [1.29, 1.82) is 0 Å². The Bertz CT molecular complexity index is 507. The van der Waals surface area contributed by atoms with Crippen LogP contribution in [0.3, 0.4) is 0 Å². The molecule has 0 saturated carbocycles. The quantitative estimate of drug-likeness (QED) is 0.544. The Kier molecular flexibility index (Phi) is 6.33. The summed E-state index contributed by atoms with van der Waals surface area (Å²) in [4.78, 5) is 12.4. The van der Waals surface area contributed by atoms with E-state index in [9.17, 15) is 4.79 Å².